The Labute approximate surface area is 152 Å². The molecular formula is C19H23N5O2. The first-order chi connectivity index (χ1) is 12.7. The van der Waals surface area contributed by atoms with Crippen LogP contribution in [-0.4, -0.2) is 33.3 Å². The second-order valence-corrected chi connectivity index (χ2v) is 7.61. The summed E-state index contributed by atoms with van der Waals surface area (Å²) in [6.07, 6.45) is 4.27. The summed E-state index contributed by atoms with van der Waals surface area (Å²) < 4.78 is 7.80. The van der Waals surface area contributed by atoms with Crippen LogP contribution in [0.5, 0.6) is 0 Å². The van der Waals surface area contributed by atoms with Crippen molar-refractivity contribution in [2.75, 3.05) is 11.5 Å². The second-order valence-electron chi connectivity index (χ2n) is 7.61. The average Bonchev–Trinajstić information content (AvgIpc) is 3.39. The van der Waals surface area contributed by atoms with E-state index in [0.29, 0.717) is 25.1 Å². The van der Waals surface area contributed by atoms with Crippen molar-refractivity contribution in [1.29, 1.82) is 0 Å². The van der Waals surface area contributed by atoms with E-state index in [1.807, 2.05) is 24.3 Å². The normalized spacial score (nSPS) is 25.6. The predicted molar refractivity (Wildman–Crippen MR) is 95.5 cm³/mol. The van der Waals surface area contributed by atoms with Crippen molar-refractivity contribution in [2.24, 2.45) is 5.73 Å². The lowest BCUT2D eigenvalue weighted by Gasteiger charge is -2.32. The molecule has 2 N–H and O–H groups in total. The minimum absolute atomic E-state index is 0.0347. The maximum Gasteiger partial charge on any atom is 0.253 e. The van der Waals surface area contributed by atoms with Crippen LogP contribution in [0.3, 0.4) is 0 Å². The number of fused-ring (bicyclic) bond motifs is 1. The van der Waals surface area contributed by atoms with E-state index >= 15 is 0 Å². The number of anilines is 1. The Morgan fingerprint density at radius 3 is 2.73 bits per heavy atom. The van der Waals surface area contributed by atoms with Gasteiger partial charge in [-0.1, -0.05) is 18.2 Å². The molecule has 5 rings (SSSR count). The van der Waals surface area contributed by atoms with Crippen molar-refractivity contribution >= 4 is 11.6 Å². The number of rotatable bonds is 4. The highest BCUT2D eigenvalue weighted by Crippen LogP contribution is 2.42. The van der Waals surface area contributed by atoms with Crippen LogP contribution >= 0.6 is 0 Å². The Kier molecular flexibility index (Phi) is 3.79. The average molecular weight is 353 g/mol. The fraction of sp³-hybridized carbons (Fsp3) is 0.526. The highest BCUT2D eigenvalue weighted by Gasteiger charge is 2.37. The van der Waals surface area contributed by atoms with Gasteiger partial charge in [-0.05, 0) is 31.7 Å². The quantitative estimate of drug-likeness (QED) is 0.907. The first-order valence-corrected chi connectivity index (χ1v) is 9.36. The number of benzene rings is 1. The van der Waals surface area contributed by atoms with E-state index in [2.05, 4.69) is 14.8 Å². The zero-order valence-corrected chi connectivity index (χ0v) is 14.7. The molecule has 0 radical (unpaired) electrons. The van der Waals surface area contributed by atoms with Gasteiger partial charge in [-0.3, -0.25) is 4.79 Å². The van der Waals surface area contributed by atoms with E-state index in [1.54, 1.807) is 4.90 Å². The molecule has 0 saturated heterocycles. The van der Waals surface area contributed by atoms with Crippen LogP contribution in [0, 0.1) is 0 Å². The van der Waals surface area contributed by atoms with Crippen LogP contribution < -0.4 is 10.6 Å². The van der Waals surface area contributed by atoms with Gasteiger partial charge in [0.05, 0.1) is 13.2 Å². The van der Waals surface area contributed by atoms with Gasteiger partial charge in [-0.15, -0.1) is 10.2 Å². The molecule has 1 aromatic heterocycles. The lowest BCUT2D eigenvalue weighted by molar-refractivity contribution is -0.123. The number of carbonyl (C=O) groups excluding carboxylic acids is 1. The van der Waals surface area contributed by atoms with E-state index in [-0.39, 0.29) is 18.6 Å². The van der Waals surface area contributed by atoms with Gasteiger partial charge < -0.3 is 19.9 Å². The zero-order valence-electron chi connectivity index (χ0n) is 14.7. The monoisotopic (exact) mass is 353 g/mol. The molecule has 3 aliphatic rings. The van der Waals surface area contributed by atoms with Crippen molar-refractivity contribution < 1.29 is 9.53 Å². The number of hydrogen-bond acceptors (Lipinski definition) is 5. The zero-order chi connectivity index (χ0) is 17.7. The summed E-state index contributed by atoms with van der Waals surface area (Å²) in [7, 11) is 0. The van der Waals surface area contributed by atoms with E-state index < -0.39 is 0 Å². The fourth-order valence-corrected chi connectivity index (χ4v) is 4.00. The standard InChI is InChI=1S/C19H23N5O2/c20-14-7-13(8-14)19-22-21-17(24(19)15-5-6-15)9-23-16-4-2-1-3-12(16)10-26-11-18(23)25/h1-4,13-15H,5-11,20H2. The van der Waals surface area contributed by atoms with Crippen LogP contribution in [0.4, 0.5) is 5.69 Å². The molecule has 2 fully saturated rings. The number of amides is 1. The molecule has 0 atom stereocenters. The molecule has 7 nitrogen and oxygen atoms in total. The van der Waals surface area contributed by atoms with E-state index in [4.69, 9.17) is 10.5 Å². The Morgan fingerprint density at radius 2 is 1.96 bits per heavy atom. The maximum atomic E-state index is 12.7. The van der Waals surface area contributed by atoms with Crippen molar-refractivity contribution in [3.63, 3.8) is 0 Å². The molecule has 26 heavy (non-hydrogen) atoms. The van der Waals surface area contributed by atoms with E-state index in [9.17, 15) is 4.79 Å². The molecule has 2 aliphatic carbocycles. The van der Waals surface area contributed by atoms with Crippen LogP contribution in [0.15, 0.2) is 24.3 Å². The predicted octanol–water partition coefficient (Wildman–Crippen LogP) is 1.88. The molecule has 7 heteroatoms. The SMILES string of the molecule is NC1CC(c2nnc(CN3C(=O)COCc4ccccc43)n2C2CC2)C1. The molecule has 2 heterocycles. The Balaban J connectivity index is 1.48. The molecule has 1 aromatic carbocycles. The number of carbonyl (C=O) groups is 1. The Morgan fingerprint density at radius 1 is 1.15 bits per heavy atom. The van der Waals surface area contributed by atoms with Gasteiger partial charge in [0, 0.05) is 29.3 Å². The first-order valence-electron chi connectivity index (χ1n) is 9.36. The summed E-state index contributed by atoms with van der Waals surface area (Å²) in [5.74, 6) is 2.29. The van der Waals surface area contributed by atoms with Gasteiger partial charge in [-0.2, -0.15) is 0 Å². The minimum Gasteiger partial charge on any atom is -0.367 e. The Hall–Kier alpha value is -2.25. The van der Waals surface area contributed by atoms with Gasteiger partial charge in [0.1, 0.15) is 12.4 Å². The Bertz CT molecular complexity index is 838. The molecular weight excluding hydrogens is 330 g/mol. The van der Waals surface area contributed by atoms with Gasteiger partial charge in [0.15, 0.2) is 5.82 Å². The summed E-state index contributed by atoms with van der Waals surface area (Å²) in [5.41, 5.74) is 7.91. The van der Waals surface area contributed by atoms with Crippen molar-refractivity contribution in [1.82, 2.24) is 14.8 Å². The van der Waals surface area contributed by atoms with Crippen LogP contribution in [0.25, 0.3) is 0 Å². The smallest absolute Gasteiger partial charge is 0.253 e. The summed E-state index contributed by atoms with van der Waals surface area (Å²) in [4.78, 5) is 14.4. The summed E-state index contributed by atoms with van der Waals surface area (Å²) in [6, 6.07) is 8.67. The third-order valence-corrected chi connectivity index (χ3v) is 5.61. The lowest BCUT2D eigenvalue weighted by Crippen LogP contribution is -2.36. The van der Waals surface area contributed by atoms with Crippen molar-refractivity contribution in [3.05, 3.63) is 41.5 Å². The number of hydrogen-bond donors (Lipinski definition) is 1. The van der Waals surface area contributed by atoms with Crippen molar-refractivity contribution in [3.8, 4) is 0 Å². The van der Waals surface area contributed by atoms with Gasteiger partial charge in [-0.25, -0.2) is 0 Å². The number of para-hydroxylation sites is 1. The summed E-state index contributed by atoms with van der Waals surface area (Å²) >= 11 is 0. The maximum absolute atomic E-state index is 12.7. The number of nitrogens with two attached hydrogens (primary N) is 1. The van der Waals surface area contributed by atoms with Gasteiger partial charge >= 0.3 is 0 Å². The third kappa shape index (κ3) is 2.71. The molecule has 2 aromatic rings. The molecule has 0 spiro atoms. The second kappa shape index (κ2) is 6.17. The molecule has 1 aliphatic heterocycles. The first kappa shape index (κ1) is 16.0. The van der Waals surface area contributed by atoms with Crippen LogP contribution in [0.1, 0.15) is 54.9 Å². The number of ether oxygens (including phenoxy) is 1. The molecule has 2 saturated carbocycles. The van der Waals surface area contributed by atoms with E-state index in [0.717, 1.165) is 48.6 Å². The summed E-state index contributed by atoms with van der Waals surface area (Å²) in [6.45, 7) is 0.983. The number of nitrogens with zero attached hydrogens (tertiary/aromatic N) is 4. The highest BCUT2D eigenvalue weighted by molar-refractivity contribution is 5.95. The molecule has 1 amide bonds. The van der Waals surface area contributed by atoms with Crippen LogP contribution in [-0.2, 0) is 22.7 Å². The van der Waals surface area contributed by atoms with Crippen molar-refractivity contribution in [2.45, 2.75) is 56.8 Å². The largest absolute Gasteiger partial charge is 0.367 e. The lowest BCUT2D eigenvalue weighted by atomic mass is 9.80. The van der Waals surface area contributed by atoms with Gasteiger partial charge in [0.25, 0.3) is 5.91 Å². The third-order valence-electron chi connectivity index (χ3n) is 5.61. The highest BCUT2D eigenvalue weighted by atomic mass is 16.5. The molecule has 0 unspecified atom stereocenters. The van der Waals surface area contributed by atoms with Crippen LogP contribution in [0.2, 0.25) is 0 Å². The van der Waals surface area contributed by atoms with E-state index in [1.165, 1.54) is 0 Å². The van der Waals surface area contributed by atoms with Gasteiger partial charge in [0.2, 0.25) is 0 Å². The molecule has 136 valence electrons. The topological polar surface area (TPSA) is 86.3 Å². The minimum atomic E-state index is -0.0347. The molecule has 0 bridgehead atoms. The number of aromatic nitrogens is 3. The fourth-order valence-electron chi connectivity index (χ4n) is 4.00. The summed E-state index contributed by atoms with van der Waals surface area (Å²) in [5, 5.41) is 8.97.